The van der Waals surface area contributed by atoms with Crippen LogP contribution in [-0.4, -0.2) is 63.4 Å². The van der Waals surface area contributed by atoms with Crippen molar-refractivity contribution in [2.24, 2.45) is 0 Å². The summed E-state index contributed by atoms with van der Waals surface area (Å²) in [5.41, 5.74) is -5.96. The molecule has 3 aromatic rings. The fourth-order valence-electron chi connectivity index (χ4n) is 4.32. The Bertz CT molecular complexity index is 1640. The van der Waals surface area contributed by atoms with Gasteiger partial charge in [0.15, 0.2) is 11.7 Å². The van der Waals surface area contributed by atoms with Crippen LogP contribution in [-0.2, 0) is 23.4 Å². The molecule has 0 bridgehead atoms. The van der Waals surface area contributed by atoms with Crippen LogP contribution in [0.15, 0.2) is 64.3 Å². The number of H-pyrrole nitrogens is 1. The van der Waals surface area contributed by atoms with Gasteiger partial charge in [-0.3, -0.25) is 23.7 Å². The third-order valence-corrected chi connectivity index (χ3v) is 8.06. The van der Waals surface area contributed by atoms with Crippen molar-refractivity contribution in [1.29, 1.82) is 0 Å². The Labute approximate surface area is 241 Å². The predicted octanol–water partition coefficient (Wildman–Crippen LogP) is 3.35. The van der Waals surface area contributed by atoms with Gasteiger partial charge in [0.1, 0.15) is 11.8 Å². The molecule has 234 valence electrons. The summed E-state index contributed by atoms with van der Waals surface area (Å²) >= 11 is 0. The molecule has 12 nitrogen and oxygen atoms in total. The minimum absolute atomic E-state index is 0.0830. The van der Waals surface area contributed by atoms with Crippen LogP contribution < -0.4 is 20.9 Å². The third kappa shape index (κ3) is 6.53. The van der Waals surface area contributed by atoms with E-state index in [0.29, 0.717) is 23.0 Å². The summed E-state index contributed by atoms with van der Waals surface area (Å²) in [7, 11) is -4.95. The van der Waals surface area contributed by atoms with Crippen molar-refractivity contribution in [3.8, 4) is 5.75 Å². The molecule has 0 radical (unpaired) electrons. The molecule has 0 amide bonds. The number of fused-ring (bicyclic) bond motifs is 1. The number of nitrogens with one attached hydrogen (secondary N) is 2. The molecule has 43 heavy (non-hydrogen) atoms. The van der Waals surface area contributed by atoms with Gasteiger partial charge in [-0.05, 0) is 32.2 Å². The summed E-state index contributed by atoms with van der Waals surface area (Å²) in [6, 6.07) is 10.5. The molecule has 1 aliphatic heterocycles. The normalized spacial score (nSPS) is 23.8. The van der Waals surface area contributed by atoms with E-state index in [9.17, 15) is 32.8 Å². The van der Waals surface area contributed by atoms with Crippen LogP contribution in [0.2, 0.25) is 0 Å². The van der Waals surface area contributed by atoms with Gasteiger partial charge in [0.05, 0.1) is 12.7 Å². The molecule has 1 aromatic heterocycles. The lowest BCUT2D eigenvalue weighted by atomic mass is 9.96. The van der Waals surface area contributed by atoms with Crippen LogP contribution in [0.4, 0.5) is 17.6 Å². The topological polar surface area (TPSA) is 158 Å². The molecule has 0 aliphatic carbocycles. The monoisotopic (exact) mass is 633 g/mol. The first kappa shape index (κ1) is 32.4. The van der Waals surface area contributed by atoms with Gasteiger partial charge < -0.3 is 19.1 Å². The van der Waals surface area contributed by atoms with Gasteiger partial charge in [0, 0.05) is 17.6 Å². The van der Waals surface area contributed by atoms with Crippen molar-refractivity contribution in [2.45, 2.75) is 63.2 Å². The molecule has 2 heterocycles. The van der Waals surface area contributed by atoms with Crippen LogP contribution in [0.1, 0.15) is 27.0 Å². The Hall–Kier alpha value is -3.56. The van der Waals surface area contributed by atoms with Gasteiger partial charge >= 0.3 is 25.3 Å². The summed E-state index contributed by atoms with van der Waals surface area (Å²) in [6.07, 6.45) is -10.0. The number of hydrogen-bond donors (Lipinski definition) is 3. The number of carbonyl (C=O) groups is 1. The van der Waals surface area contributed by atoms with Crippen LogP contribution >= 0.6 is 7.75 Å². The molecule has 2 aromatic carbocycles. The minimum atomic E-state index is -4.95. The van der Waals surface area contributed by atoms with E-state index in [1.807, 2.05) is 0 Å². The number of rotatable bonds is 11. The lowest BCUT2D eigenvalue weighted by Crippen LogP contribution is -2.54. The highest BCUT2D eigenvalue weighted by Gasteiger charge is 2.71. The molecule has 4 rings (SSSR count). The third-order valence-electron chi connectivity index (χ3n) is 6.45. The second-order valence-electron chi connectivity index (χ2n) is 10.00. The standard InChI is InChI=1S/C26H28F4N3O9P/c1-14(2)40-20(35)15(3)32-43(38,42-18-10-6-8-16-7-4-5-9-17(16)18)39-13-25(22(27)28)21(36)26(29,30)23(41-25)33-12-11-19(34)31-24(33)37/h4-12,14-15,21-23,36H,13H2,1-3H3,(H,32,38)(H,31,34,37). The second-order valence-corrected chi connectivity index (χ2v) is 11.7. The summed E-state index contributed by atoms with van der Waals surface area (Å²) in [5, 5.41) is 13.7. The fourth-order valence-corrected chi connectivity index (χ4v) is 5.87. The van der Waals surface area contributed by atoms with Crippen LogP contribution in [0.3, 0.4) is 0 Å². The maximum absolute atomic E-state index is 15.2. The molecule has 5 atom stereocenters. The van der Waals surface area contributed by atoms with Crippen LogP contribution in [0, 0.1) is 0 Å². The van der Waals surface area contributed by atoms with E-state index in [0.717, 1.165) is 0 Å². The Balaban J connectivity index is 1.71. The van der Waals surface area contributed by atoms with E-state index >= 15 is 8.78 Å². The fraction of sp³-hybridized carbons (Fsp3) is 0.423. The lowest BCUT2D eigenvalue weighted by molar-refractivity contribution is -0.193. The van der Waals surface area contributed by atoms with Gasteiger partial charge in [-0.1, -0.05) is 36.4 Å². The molecule has 5 unspecified atom stereocenters. The van der Waals surface area contributed by atoms with E-state index in [1.165, 1.54) is 19.1 Å². The predicted molar refractivity (Wildman–Crippen MR) is 143 cm³/mol. The molecular formula is C26H28F4N3O9P. The highest BCUT2D eigenvalue weighted by atomic mass is 31.2. The van der Waals surface area contributed by atoms with E-state index in [2.05, 4.69) is 5.09 Å². The lowest BCUT2D eigenvalue weighted by Gasteiger charge is -2.32. The van der Waals surface area contributed by atoms with Crippen LogP contribution in [0.5, 0.6) is 5.75 Å². The summed E-state index contributed by atoms with van der Waals surface area (Å²) in [6.45, 7) is 2.63. The molecule has 0 saturated carbocycles. The molecule has 1 fully saturated rings. The van der Waals surface area contributed by atoms with Crippen molar-refractivity contribution >= 4 is 24.5 Å². The number of ether oxygens (including phenoxy) is 2. The van der Waals surface area contributed by atoms with Crippen molar-refractivity contribution in [1.82, 2.24) is 14.6 Å². The highest BCUT2D eigenvalue weighted by Crippen LogP contribution is 2.53. The van der Waals surface area contributed by atoms with Crippen molar-refractivity contribution in [3.05, 3.63) is 75.6 Å². The van der Waals surface area contributed by atoms with Crippen molar-refractivity contribution in [3.63, 3.8) is 0 Å². The number of aliphatic hydroxyl groups excluding tert-OH is 1. The van der Waals surface area contributed by atoms with Gasteiger partial charge in [-0.25, -0.2) is 18.1 Å². The highest BCUT2D eigenvalue weighted by molar-refractivity contribution is 7.52. The quantitative estimate of drug-likeness (QED) is 0.163. The first-order valence-corrected chi connectivity index (χ1v) is 14.4. The largest absolute Gasteiger partial charge is 0.462 e. The number of alkyl halides is 4. The molecular weight excluding hydrogens is 605 g/mol. The number of aliphatic hydroxyl groups is 1. The second kappa shape index (κ2) is 12.2. The van der Waals surface area contributed by atoms with E-state index in [-0.39, 0.29) is 10.3 Å². The summed E-state index contributed by atoms with van der Waals surface area (Å²) in [4.78, 5) is 37.7. The molecule has 0 spiro atoms. The van der Waals surface area contributed by atoms with Gasteiger partial charge in [-0.2, -0.15) is 13.9 Å². The Morgan fingerprint density at radius 3 is 2.47 bits per heavy atom. The maximum Gasteiger partial charge on any atom is 0.459 e. The zero-order chi connectivity index (χ0) is 31.7. The summed E-state index contributed by atoms with van der Waals surface area (Å²) < 4.78 is 94.4. The Morgan fingerprint density at radius 2 is 1.81 bits per heavy atom. The number of hydrogen-bond acceptors (Lipinski definition) is 9. The average molecular weight is 633 g/mol. The number of aromatic amines is 1. The summed E-state index contributed by atoms with van der Waals surface area (Å²) in [5.74, 6) is -5.55. The zero-order valence-electron chi connectivity index (χ0n) is 22.9. The molecule has 1 saturated heterocycles. The van der Waals surface area contributed by atoms with E-state index < -0.39 is 74.0 Å². The van der Waals surface area contributed by atoms with E-state index in [4.69, 9.17) is 18.5 Å². The zero-order valence-corrected chi connectivity index (χ0v) is 23.8. The first-order chi connectivity index (χ1) is 20.1. The van der Waals surface area contributed by atoms with Gasteiger partial charge in [0.25, 0.3) is 12.0 Å². The first-order valence-electron chi connectivity index (χ1n) is 12.8. The van der Waals surface area contributed by atoms with Crippen molar-refractivity contribution < 1.29 is 50.5 Å². The minimum Gasteiger partial charge on any atom is -0.462 e. The van der Waals surface area contributed by atoms with Crippen molar-refractivity contribution in [2.75, 3.05) is 6.61 Å². The average Bonchev–Trinajstić information content (AvgIpc) is 3.13. The van der Waals surface area contributed by atoms with Crippen LogP contribution in [0.25, 0.3) is 10.8 Å². The van der Waals surface area contributed by atoms with Gasteiger partial charge in [-0.15, -0.1) is 0 Å². The SMILES string of the molecule is CC(C)OC(=O)C(C)NP(=O)(OCC1(C(F)F)OC(n2ccc(=O)[nH]c2=O)C(F)(F)C1O)Oc1cccc2ccccc12. The number of benzene rings is 2. The number of nitrogens with zero attached hydrogens (tertiary/aromatic N) is 1. The van der Waals surface area contributed by atoms with Gasteiger partial charge in [0.2, 0.25) is 6.23 Å². The Morgan fingerprint density at radius 1 is 1.14 bits per heavy atom. The molecule has 17 heteroatoms. The Kier molecular flexibility index (Phi) is 9.19. The number of esters is 1. The molecule has 3 N–H and O–H groups in total. The number of halogens is 4. The maximum atomic E-state index is 15.2. The number of carbonyl (C=O) groups excluding carboxylic acids is 1. The molecule has 1 aliphatic rings. The smallest absolute Gasteiger partial charge is 0.459 e. The number of aromatic nitrogens is 2. The van der Waals surface area contributed by atoms with E-state index in [1.54, 1.807) is 49.2 Å².